The molecule has 0 aliphatic carbocycles. The van der Waals surface area contributed by atoms with E-state index in [1.54, 1.807) is 17.0 Å². The first-order valence-electron chi connectivity index (χ1n) is 6.65. The van der Waals surface area contributed by atoms with Gasteiger partial charge in [0.05, 0.1) is 12.1 Å². The van der Waals surface area contributed by atoms with Crippen LogP contribution in [0.3, 0.4) is 0 Å². The monoisotopic (exact) mass is 286 g/mol. The predicted octanol–water partition coefficient (Wildman–Crippen LogP) is 2.37. The maximum absolute atomic E-state index is 12.9. The maximum Gasteiger partial charge on any atom is 0.232 e. The molecule has 0 saturated heterocycles. The summed E-state index contributed by atoms with van der Waals surface area (Å²) in [6.45, 7) is 0. The van der Waals surface area contributed by atoms with Crippen molar-refractivity contribution in [3.05, 3.63) is 70.6 Å². The van der Waals surface area contributed by atoms with Gasteiger partial charge < -0.3 is 15.3 Å². The number of nitrogens with one attached hydrogen (secondary N) is 1. The lowest BCUT2D eigenvalue weighted by molar-refractivity contribution is -0.120. The Morgan fingerprint density at radius 2 is 2.05 bits per heavy atom. The number of aliphatic hydroxyl groups excluding tert-OH is 1. The number of amides is 1. The summed E-state index contributed by atoms with van der Waals surface area (Å²) in [6.07, 6.45) is 4.36. The summed E-state index contributed by atoms with van der Waals surface area (Å²) in [5, 5.41) is 12.7. The zero-order chi connectivity index (χ0) is 15.0. The fraction of sp³-hybridized carbons (Fsp3) is 0.188. The van der Waals surface area contributed by atoms with E-state index in [1.165, 1.54) is 12.1 Å². The quantitative estimate of drug-likeness (QED) is 0.877. The van der Waals surface area contributed by atoms with Crippen molar-refractivity contribution in [3.63, 3.8) is 0 Å². The van der Waals surface area contributed by atoms with Crippen LogP contribution in [0.15, 0.2) is 59.3 Å². The summed E-state index contributed by atoms with van der Waals surface area (Å²) in [7, 11) is 1.82. The smallest absolute Gasteiger partial charge is 0.232 e. The van der Waals surface area contributed by atoms with E-state index in [4.69, 9.17) is 0 Å². The number of aliphatic hydroxyl groups is 1. The lowest BCUT2D eigenvalue weighted by Gasteiger charge is -2.30. The van der Waals surface area contributed by atoms with Crippen LogP contribution < -0.4 is 5.32 Å². The molecule has 21 heavy (non-hydrogen) atoms. The molecule has 2 heterocycles. The fourth-order valence-electron chi connectivity index (χ4n) is 2.61. The molecule has 0 spiro atoms. The average Bonchev–Trinajstić information content (AvgIpc) is 2.40. The van der Waals surface area contributed by atoms with Gasteiger partial charge in [-0.1, -0.05) is 12.1 Å². The van der Waals surface area contributed by atoms with Crippen molar-refractivity contribution in [1.29, 1.82) is 0 Å². The molecule has 2 N–H and O–H groups in total. The minimum atomic E-state index is -0.262. The molecular formula is C16H15FN2O2. The van der Waals surface area contributed by atoms with E-state index in [0.717, 1.165) is 11.1 Å². The minimum absolute atomic E-state index is 0.00184. The third kappa shape index (κ3) is 2.67. The molecule has 2 aliphatic rings. The highest BCUT2D eigenvalue weighted by atomic mass is 19.1. The van der Waals surface area contributed by atoms with Crippen molar-refractivity contribution >= 4 is 5.91 Å². The number of fused-ring (bicyclic) bond motifs is 1. The first kappa shape index (κ1) is 13.4. The second kappa shape index (κ2) is 5.09. The number of carbonyl (C=O) groups excluding carboxylic acids is 1. The number of rotatable bonds is 2. The lowest BCUT2D eigenvalue weighted by Crippen LogP contribution is -2.35. The first-order valence-corrected chi connectivity index (χ1v) is 6.65. The number of hydrogen-bond donors (Lipinski definition) is 2. The van der Waals surface area contributed by atoms with E-state index < -0.39 is 0 Å². The zero-order valence-electron chi connectivity index (χ0n) is 11.6. The zero-order valence-corrected chi connectivity index (χ0v) is 11.6. The van der Waals surface area contributed by atoms with Crippen LogP contribution in [0.4, 0.5) is 4.39 Å². The van der Waals surface area contributed by atoms with Crippen LogP contribution in [-0.2, 0) is 11.2 Å². The predicted molar refractivity (Wildman–Crippen MR) is 76.4 cm³/mol. The summed E-state index contributed by atoms with van der Waals surface area (Å²) in [5.41, 5.74) is 3.17. The van der Waals surface area contributed by atoms with E-state index in [0.29, 0.717) is 17.8 Å². The molecule has 0 radical (unpaired) electrons. The molecule has 0 bridgehead atoms. The molecular weight excluding hydrogens is 271 g/mol. The molecule has 0 aromatic heterocycles. The number of likely N-dealkylation sites (N-methyl/N-ethyl adjacent to an activating group) is 1. The van der Waals surface area contributed by atoms with Gasteiger partial charge in [0.2, 0.25) is 5.91 Å². The molecule has 0 fully saturated rings. The molecule has 5 heteroatoms. The normalized spacial score (nSPS) is 18.0. The molecule has 3 rings (SSSR count). The Balaban J connectivity index is 1.89. The number of carbonyl (C=O) groups is 1. The molecule has 0 saturated carbocycles. The van der Waals surface area contributed by atoms with Crippen LogP contribution in [-0.4, -0.2) is 23.0 Å². The Kier molecular flexibility index (Phi) is 3.25. The van der Waals surface area contributed by atoms with Gasteiger partial charge in [-0.3, -0.25) is 4.79 Å². The van der Waals surface area contributed by atoms with E-state index in [1.807, 2.05) is 19.3 Å². The van der Waals surface area contributed by atoms with Crippen molar-refractivity contribution in [1.82, 2.24) is 10.2 Å². The molecule has 1 amide bonds. The van der Waals surface area contributed by atoms with Gasteiger partial charge in [-0.15, -0.1) is 0 Å². The Morgan fingerprint density at radius 3 is 2.76 bits per heavy atom. The van der Waals surface area contributed by atoms with Gasteiger partial charge >= 0.3 is 0 Å². The van der Waals surface area contributed by atoms with Gasteiger partial charge in [-0.2, -0.15) is 0 Å². The SMILES string of the molecule is CN1C=C(Cc2ccc(F)cc2)C=C2NC(=O)CC(O)=C21. The van der Waals surface area contributed by atoms with Crippen molar-refractivity contribution in [2.45, 2.75) is 12.8 Å². The van der Waals surface area contributed by atoms with Crippen LogP contribution in [0, 0.1) is 5.82 Å². The van der Waals surface area contributed by atoms with E-state index in [2.05, 4.69) is 5.32 Å². The van der Waals surface area contributed by atoms with Gasteiger partial charge in [0.1, 0.15) is 17.3 Å². The van der Waals surface area contributed by atoms with Gasteiger partial charge in [-0.25, -0.2) is 4.39 Å². The highest BCUT2D eigenvalue weighted by Crippen LogP contribution is 2.28. The van der Waals surface area contributed by atoms with Gasteiger partial charge in [-0.05, 0) is 35.8 Å². The Bertz CT molecular complexity index is 687. The Hall–Kier alpha value is -2.56. The highest BCUT2D eigenvalue weighted by Gasteiger charge is 2.27. The second-order valence-electron chi connectivity index (χ2n) is 5.20. The number of hydrogen-bond acceptors (Lipinski definition) is 3. The summed E-state index contributed by atoms with van der Waals surface area (Å²) < 4.78 is 12.9. The van der Waals surface area contributed by atoms with E-state index in [-0.39, 0.29) is 23.9 Å². The van der Waals surface area contributed by atoms with Gasteiger partial charge in [0, 0.05) is 13.2 Å². The van der Waals surface area contributed by atoms with Gasteiger partial charge in [0.15, 0.2) is 0 Å². The third-order valence-corrected chi connectivity index (χ3v) is 3.49. The van der Waals surface area contributed by atoms with Crippen LogP contribution >= 0.6 is 0 Å². The summed E-state index contributed by atoms with van der Waals surface area (Å²) in [6, 6.07) is 6.32. The molecule has 0 unspecified atom stereocenters. The van der Waals surface area contributed by atoms with Gasteiger partial charge in [0.25, 0.3) is 0 Å². The molecule has 1 aromatic rings. The topological polar surface area (TPSA) is 52.6 Å². The molecule has 0 atom stereocenters. The molecule has 1 aromatic carbocycles. The maximum atomic E-state index is 12.9. The number of allylic oxidation sites excluding steroid dienone is 2. The molecule has 108 valence electrons. The summed E-state index contributed by atoms with van der Waals surface area (Å²) in [4.78, 5) is 13.3. The van der Waals surface area contributed by atoms with Crippen molar-refractivity contribution in [2.75, 3.05) is 7.05 Å². The van der Waals surface area contributed by atoms with E-state index in [9.17, 15) is 14.3 Å². The van der Waals surface area contributed by atoms with Crippen LogP contribution in [0.2, 0.25) is 0 Å². The average molecular weight is 286 g/mol. The number of nitrogens with zero attached hydrogens (tertiary/aromatic N) is 1. The van der Waals surface area contributed by atoms with Crippen molar-refractivity contribution in [2.24, 2.45) is 0 Å². The molecule has 2 aliphatic heterocycles. The third-order valence-electron chi connectivity index (χ3n) is 3.49. The van der Waals surface area contributed by atoms with Crippen molar-refractivity contribution in [3.8, 4) is 0 Å². The minimum Gasteiger partial charge on any atom is -0.510 e. The number of halogens is 1. The van der Waals surface area contributed by atoms with Crippen LogP contribution in [0.25, 0.3) is 0 Å². The highest BCUT2D eigenvalue weighted by molar-refractivity contribution is 5.83. The van der Waals surface area contributed by atoms with Crippen LogP contribution in [0.1, 0.15) is 12.0 Å². The molecule has 4 nitrogen and oxygen atoms in total. The summed E-state index contributed by atoms with van der Waals surface area (Å²) in [5.74, 6) is -0.412. The second-order valence-corrected chi connectivity index (χ2v) is 5.20. The fourth-order valence-corrected chi connectivity index (χ4v) is 2.61. The lowest BCUT2D eigenvalue weighted by atomic mass is 9.99. The first-order chi connectivity index (χ1) is 10.0. The number of benzene rings is 1. The Labute approximate surface area is 121 Å². The largest absolute Gasteiger partial charge is 0.510 e. The summed E-state index contributed by atoms with van der Waals surface area (Å²) >= 11 is 0. The van der Waals surface area contributed by atoms with Crippen LogP contribution in [0.5, 0.6) is 0 Å². The van der Waals surface area contributed by atoms with Crippen molar-refractivity contribution < 1.29 is 14.3 Å². The standard InChI is InChI=1S/C16H15FN2O2/c1-19-9-11(6-10-2-4-12(17)5-3-10)7-13-16(19)14(20)8-15(21)18-13/h2-5,7,9,20H,6,8H2,1H3,(H,18,21). The Morgan fingerprint density at radius 1 is 1.33 bits per heavy atom. The van der Waals surface area contributed by atoms with E-state index >= 15 is 0 Å².